The number of hydrogen-bond acceptors (Lipinski definition) is 4. The monoisotopic (exact) mass is 366 g/mol. The first-order chi connectivity index (χ1) is 11.4. The van der Waals surface area contributed by atoms with Gasteiger partial charge in [0.1, 0.15) is 0 Å². The fourth-order valence-corrected chi connectivity index (χ4v) is 3.02. The predicted molar refractivity (Wildman–Crippen MR) is 99.3 cm³/mol. The molecule has 24 heavy (non-hydrogen) atoms. The number of rotatable bonds is 7. The highest BCUT2D eigenvalue weighted by Gasteiger charge is 2.16. The van der Waals surface area contributed by atoms with Crippen LogP contribution in [0.2, 0.25) is 5.02 Å². The molecule has 0 bridgehead atoms. The molecule has 1 unspecified atom stereocenters. The highest BCUT2D eigenvalue weighted by atomic mass is 35.5. The van der Waals surface area contributed by atoms with E-state index < -0.39 is 0 Å². The Balaban J connectivity index is 2.06. The molecule has 0 fully saturated rings. The summed E-state index contributed by atoms with van der Waals surface area (Å²) in [5.74, 6) is 1.54. The summed E-state index contributed by atoms with van der Waals surface area (Å²) in [4.78, 5) is 12.0. The van der Waals surface area contributed by atoms with Crippen molar-refractivity contribution < 1.29 is 4.79 Å². The summed E-state index contributed by atoms with van der Waals surface area (Å²) in [6, 6.07) is 7.67. The maximum Gasteiger partial charge on any atom is 0.230 e. The van der Waals surface area contributed by atoms with Crippen molar-refractivity contribution in [2.24, 2.45) is 5.92 Å². The molecular weight excluding hydrogens is 344 g/mol. The standard InChI is InChI=1S/C17H23ClN4OS/c1-5-22-16(13-6-8-14(18)9-7-13)20-21-17(22)24-10-15(23)19-12(4)11(2)3/h6-9,11-12H,5,10H2,1-4H3,(H,19,23). The number of nitrogens with one attached hydrogen (secondary N) is 1. The maximum absolute atomic E-state index is 12.0. The van der Waals surface area contributed by atoms with Crippen molar-refractivity contribution in [3.63, 3.8) is 0 Å². The highest BCUT2D eigenvalue weighted by molar-refractivity contribution is 7.99. The molecule has 7 heteroatoms. The number of halogens is 1. The number of hydrogen-bond donors (Lipinski definition) is 1. The first-order valence-corrected chi connectivity index (χ1v) is 9.40. The van der Waals surface area contributed by atoms with E-state index in [0.29, 0.717) is 16.7 Å². The van der Waals surface area contributed by atoms with Crippen molar-refractivity contribution in [1.29, 1.82) is 0 Å². The van der Waals surface area contributed by atoms with Gasteiger partial charge in [0.15, 0.2) is 11.0 Å². The Kier molecular flexibility index (Phi) is 6.69. The summed E-state index contributed by atoms with van der Waals surface area (Å²) >= 11 is 7.34. The summed E-state index contributed by atoms with van der Waals surface area (Å²) in [6.45, 7) is 8.96. The van der Waals surface area contributed by atoms with E-state index in [-0.39, 0.29) is 11.9 Å². The van der Waals surface area contributed by atoms with Gasteiger partial charge < -0.3 is 9.88 Å². The van der Waals surface area contributed by atoms with E-state index in [4.69, 9.17) is 11.6 Å². The van der Waals surface area contributed by atoms with Crippen LogP contribution in [-0.2, 0) is 11.3 Å². The van der Waals surface area contributed by atoms with Crippen LogP contribution in [0.5, 0.6) is 0 Å². The number of nitrogens with zero attached hydrogens (tertiary/aromatic N) is 3. The van der Waals surface area contributed by atoms with Crippen LogP contribution in [0.3, 0.4) is 0 Å². The second kappa shape index (κ2) is 8.53. The van der Waals surface area contributed by atoms with Gasteiger partial charge in [0.2, 0.25) is 5.91 Å². The summed E-state index contributed by atoms with van der Waals surface area (Å²) in [7, 11) is 0. The van der Waals surface area contributed by atoms with Gasteiger partial charge in [-0.25, -0.2) is 0 Å². The van der Waals surface area contributed by atoms with Gasteiger partial charge in [-0.3, -0.25) is 4.79 Å². The number of amides is 1. The Labute approximate surface area is 152 Å². The molecule has 0 aliphatic rings. The molecule has 0 aliphatic carbocycles. The van der Waals surface area contributed by atoms with Crippen LogP contribution in [0.4, 0.5) is 0 Å². The molecule has 0 saturated heterocycles. The van der Waals surface area contributed by atoms with E-state index >= 15 is 0 Å². The van der Waals surface area contributed by atoms with Crippen LogP contribution in [0.15, 0.2) is 29.4 Å². The Morgan fingerprint density at radius 3 is 2.50 bits per heavy atom. The Morgan fingerprint density at radius 2 is 1.92 bits per heavy atom. The zero-order valence-corrected chi connectivity index (χ0v) is 16.0. The van der Waals surface area contributed by atoms with E-state index in [1.807, 2.05) is 42.7 Å². The van der Waals surface area contributed by atoms with Crippen LogP contribution in [0.25, 0.3) is 11.4 Å². The lowest BCUT2D eigenvalue weighted by Crippen LogP contribution is -2.37. The first kappa shape index (κ1) is 18.8. The smallest absolute Gasteiger partial charge is 0.230 e. The van der Waals surface area contributed by atoms with Crippen molar-refractivity contribution in [3.05, 3.63) is 29.3 Å². The van der Waals surface area contributed by atoms with E-state index in [2.05, 4.69) is 29.4 Å². The number of thioether (sulfide) groups is 1. The van der Waals surface area contributed by atoms with Gasteiger partial charge in [-0.05, 0) is 44.0 Å². The van der Waals surface area contributed by atoms with Gasteiger partial charge in [-0.1, -0.05) is 37.2 Å². The minimum Gasteiger partial charge on any atom is -0.353 e. The molecule has 1 N–H and O–H groups in total. The minimum atomic E-state index is 0.0138. The van der Waals surface area contributed by atoms with Gasteiger partial charge in [-0.2, -0.15) is 0 Å². The van der Waals surface area contributed by atoms with Crippen LogP contribution in [0.1, 0.15) is 27.7 Å². The molecule has 1 aromatic heterocycles. The summed E-state index contributed by atoms with van der Waals surface area (Å²) < 4.78 is 2.01. The average Bonchev–Trinajstić information content (AvgIpc) is 2.96. The molecule has 5 nitrogen and oxygen atoms in total. The molecule has 0 radical (unpaired) electrons. The molecule has 1 atom stereocenters. The molecule has 2 rings (SSSR count). The maximum atomic E-state index is 12.0. The Hall–Kier alpha value is -1.53. The second-order valence-electron chi connectivity index (χ2n) is 5.95. The van der Waals surface area contributed by atoms with Crippen molar-refractivity contribution in [2.75, 3.05) is 5.75 Å². The number of benzene rings is 1. The van der Waals surface area contributed by atoms with Crippen molar-refractivity contribution in [3.8, 4) is 11.4 Å². The van der Waals surface area contributed by atoms with Crippen LogP contribution >= 0.6 is 23.4 Å². The number of carbonyl (C=O) groups excluding carboxylic acids is 1. The second-order valence-corrected chi connectivity index (χ2v) is 7.33. The van der Waals surface area contributed by atoms with Gasteiger partial charge in [0.25, 0.3) is 0 Å². The third kappa shape index (κ3) is 4.74. The lowest BCUT2D eigenvalue weighted by molar-refractivity contribution is -0.119. The zero-order chi connectivity index (χ0) is 17.7. The average molecular weight is 367 g/mol. The molecule has 1 aromatic carbocycles. The van der Waals surface area contributed by atoms with Crippen LogP contribution in [-0.4, -0.2) is 32.5 Å². The third-order valence-electron chi connectivity index (χ3n) is 3.86. The van der Waals surface area contributed by atoms with Gasteiger partial charge in [0.05, 0.1) is 5.75 Å². The topological polar surface area (TPSA) is 59.8 Å². The van der Waals surface area contributed by atoms with Gasteiger partial charge in [-0.15, -0.1) is 10.2 Å². The van der Waals surface area contributed by atoms with E-state index in [1.54, 1.807) is 0 Å². The van der Waals surface area contributed by atoms with Crippen LogP contribution < -0.4 is 5.32 Å². The molecule has 1 heterocycles. The third-order valence-corrected chi connectivity index (χ3v) is 5.08. The van der Waals surface area contributed by atoms with Crippen molar-refractivity contribution in [1.82, 2.24) is 20.1 Å². The number of aromatic nitrogens is 3. The SMILES string of the molecule is CCn1c(SCC(=O)NC(C)C(C)C)nnc1-c1ccc(Cl)cc1. The van der Waals surface area contributed by atoms with Gasteiger partial charge in [0, 0.05) is 23.2 Å². The molecule has 2 aromatic rings. The normalized spacial score (nSPS) is 12.4. The minimum absolute atomic E-state index is 0.0138. The quantitative estimate of drug-likeness (QED) is 0.755. The fraction of sp³-hybridized carbons (Fsp3) is 0.471. The fourth-order valence-electron chi connectivity index (χ4n) is 2.09. The molecule has 0 aliphatic heterocycles. The van der Waals surface area contributed by atoms with Gasteiger partial charge >= 0.3 is 0 Å². The van der Waals surface area contributed by atoms with E-state index in [0.717, 1.165) is 23.1 Å². The lowest BCUT2D eigenvalue weighted by atomic mass is 10.1. The van der Waals surface area contributed by atoms with Crippen molar-refractivity contribution in [2.45, 2.75) is 45.4 Å². The summed E-state index contributed by atoms with van der Waals surface area (Å²) in [5, 5.41) is 12.9. The largest absolute Gasteiger partial charge is 0.353 e. The Bertz CT molecular complexity index is 684. The molecule has 130 valence electrons. The molecule has 0 spiro atoms. The molecule has 0 saturated carbocycles. The summed E-state index contributed by atoms with van der Waals surface area (Å²) in [5.41, 5.74) is 0.957. The zero-order valence-electron chi connectivity index (χ0n) is 14.4. The molecular formula is C17H23ClN4OS. The lowest BCUT2D eigenvalue weighted by Gasteiger charge is -2.17. The predicted octanol–water partition coefficient (Wildman–Crippen LogP) is 3.87. The Morgan fingerprint density at radius 1 is 1.25 bits per heavy atom. The first-order valence-electron chi connectivity index (χ1n) is 8.03. The molecule has 1 amide bonds. The van der Waals surface area contributed by atoms with E-state index in [1.165, 1.54) is 11.8 Å². The highest BCUT2D eigenvalue weighted by Crippen LogP contribution is 2.25. The number of carbonyl (C=O) groups is 1. The summed E-state index contributed by atoms with van der Waals surface area (Å²) in [6.07, 6.45) is 0. The van der Waals surface area contributed by atoms with E-state index in [9.17, 15) is 4.79 Å². The van der Waals surface area contributed by atoms with Crippen LogP contribution in [0, 0.1) is 5.92 Å². The van der Waals surface area contributed by atoms with Crippen molar-refractivity contribution >= 4 is 29.3 Å².